The van der Waals surface area contributed by atoms with Gasteiger partial charge in [0.2, 0.25) is 0 Å². The maximum atomic E-state index is 6.05. The molecule has 2 N–H and O–H groups in total. The molecule has 0 saturated heterocycles. The van der Waals surface area contributed by atoms with E-state index in [1.807, 2.05) is 11.7 Å². The van der Waals surface area contributed by atoms with Gasteiger partial charge < -0.3 is 5.73 Å². The molecule has 1 aromatic heterocycles. The highest BCUT2D eigenvalue weighted by atomic mass is 15.3. The largest absolute Gasteiger partial charge is 0.329 e. The van der Waals surface area contributed by atoms with Crippen molar-refractivity contribution in [1.82, 2.24) is 14.7 Å². The van der Waals surface area contributed by atoms with E-state index in [1.54, 1.807) is 0 Å². The molecule has 4 nitrogen and oxygen atoms in total. The molecule has 0 aliphatic carbocycles. The SMILES string of the molecule is CCCCCN(C(C)C)C(CN)c1cn(C)nc1C. The van der Waals surface area contributed by atoms with Crippen molar-refractivity contribution in [1.29, 1.82) is 0 Å². The Bertz CT molecular complexity index is 370. The second kappa shape index (κ2) is 7.65. The normalized spacial score (nSPS) is 13.5. The number of unbranched alkanes of at least 4 members (excludes halogenated alkanes) is 2. The number of nitrogens with two attached hydrogens (primary N) is 1. The van der Waals surface area contributed by atoms with Gasteiger partial charge in [0.1, 0.15) is 0 Å². The van der Waals surface area contributed by atoms with Crippen molar-refractivity contribution in [2.24, 2.45) is 12.8 Å². The van der Waals surface area contributed by atoms with Gasteiger partial charge in [0.25, 0.3) is 0 Å². The Morgan fingerprint density at radius 1 is 1.37 bits per heavy atom. The summed E-state index contributed by atoms with van der Waals surface area (Å²) in [5.41, 5.74) is 8.42. The molecule has 1 unspecified atom stereocenters. The molecule has 1 aromatic rings. The van der Waals surface area contributed by atoms with E-state index in [-0.39, 0.29) is 6.04 Å². The maximum Gasteiger partial charge on any atom is 0.0641 e. The fourth-order valence-electron chi connectivity index (χ4n) is 2.70. The van der Waals surface area contributed by atoms with Gasteiger partial charge in [-0.1, -0.05) is 19.8 Å². The van der Waals surface area contributed by atoms with Crippen molar-refractivity contribution < 1.29 is 0 Å². The molecule has 0 aliphatic heterocycles. The monoisotopic (exact) mass is 266 g/mol. The van der Waals surface area contributed by atoms with Crippen LogP contribution in [0, 0.1) is 6.92 Å². The minimum Gasteiger partial charge on any atom is -0.329 e. The van der Waals surface area contributed by atoms with Crippen LogP contribution in [0.25, 0.3) is 0 Å². The Labute approximate surface area is 118 Å². The summed E-state index contributed by atoms with van der Waals surface area (Å²) in [6.45, 7) is 10.6. The van der Waals surface area contributed by atoms with Crippen molar-refractivity contribution in [3.05, 3.63) is 17.5 Å². The lowest BCUT2D eigenvalue weighted by Gasteiger charge is -2.34. The van der Waals surface area contributed by atoms with Gasteiger partial charge in [0, 0.05) is 31.4 Å². The first-order valence-corrected chi connectivity index (χ1v) is 7.47. The minimum absolute atomic E-state index is 0.283. The molecule has 0 aliphatic rings. The van der Waals surface area contributed by atoms with Crippen molar-refractivity contribution in [2.75, 3.05) is 13.1 Å². The van der Waals surface area contributed by atoms with E-state index in [2.05, 4.69) is 43.9 Å². The summed E-state index contributed by atoms with van der Waals surface area (Å²) in [7, 11) is 1.97. The maximum absolute atomic E-state index is 6.05. The lowest BCUT2D eigenvalue weighted by Crippen LogP contribution is -2.39. The Hall–Kier alpha value is -0.870. The average molecular weight is 266 g/mol. The van der Waals surface area contributed by atoms with E-state index in [1.165, 1.54) is 24.8 Å². The summed E-state index contributed by atoms with van der Waals surface area (Å²) in [5, 5.41) is 4.45. The van der Waals surface area contributed by atoms with Gasteiger partial charge in [0.05, 0.1) is 11.7 Å². The number of rotatable bonds is 8. The third-order valence-corrected chi connectivity index (χ3v) is 3.72. The van der Waals surface area contributed by atoms with Crippen molar-refractivity contribution >= 4 is 0 Å². The van der Waals surface area contributed by atoms with Gasteiger partial charge in [-0.25, -0.2) is 0 Å². The van der Waals surface area contributed by atoms with E-state index in [0.29, 0.717) is 12.6 Å². The van der Waals surface area contributed by atoms with Crippen LogP contribution in [0.5, 0.6) is 0 Å². The molecule has 0 saturated carbocycles. The zero-order chi connectivity index (χ0) is 14.4. The molecular formula is C15H30N4. The third-order valence-electron chi connectivity index (χ3n) is 3.72. The van der Waals surface area contributed by atoms with Crippen molar-refractivity contribution in [3.8, 4) is 0 Å². The van der Waals surface area contributed by atoms with E-state index < -0.39 is 0 Å². The summed E-state index contributed by atoms with van der Waals surface area (Å²) in [6.07, 6.45) is 5.89. The van der Waals surface area contributed by atoms with E-state index in [4.69, 9.17) is 5.73 Å². The van der Waals surface area contributed by atoms with Gasteiger partial charge >= 0.3 is 0 Å². The zero-order valence-electron chi connectivity index (χ0n) is 13.2. The van der Waals surface area contributed by atoms with Crippen LogP contribution in [0.2, 0.25) is 0 Å². The summed E-state index contributed by atoms with van der Waals surface area (Å²) < 4.78 is 1.89. The van der Waals surface area contributed by atoms with Crippen LogP contribution in [-0.4, -0.2) is 33.8 Å². The Kier molecular flexibility index (Phi) is 6.52. The molecule has 0 aromatic carbocycles. The second-order valence-corrected chi connectivity index (χ2v) is 5.63. The topological polar surface area (TPSA) is 47.1 Å². The number of aryl methyl sites for hydroxylation is 2. The van der Waals surface area contributed by atoms with Gasteiger partial charge in [0.15, 0.2) is 0 Å². The lowest BCUT2D eigenvalue weighted by molar-refractivity contribution is 0.153. The van der Waals surface area contributed by atoms with Crippen LogP contribution in [-0.2, 0) is 7.05 Å². The third kappa shape index (κ3) is 4.32. The molecule has 1 heterocycles. The highest BCUT2D eigenvalue weighted by Gasteiger charge is 2.24. The molecule has 0 fully saturated rings. The van der Waals surface area contributed by atoms with E-state index in [9.17, 15) is 0 Å². The van der Waals surface area contributed by atoms with Crippen molar-refractivity contribution in [3.63, 3.8) is 0 Å². The van der Waals surface area contributed by atoms with E-state index in [0.717, 1.165) is 12.2 Å². The summed E-state index contributed by atoms with van der Waals surface area (Å²) >= 11 is 0. The molecule has 0 bridgehead atoms. The second-order valence-electron chi connectivity index (χ2n) is 5.63. The Balaban J connectivity index is 2.87. The predicted octanol–water partition coefficient (Wildman–Crippen LogP) is 2.63. The molecule has 4 heteroatoms. The van der Waals surface area contributed by atoms with Gasteiger partial charge in [-0.05, 0) is 33.7 Å². The van der Waals surface area contributed by atoms with Gasteiger partial charge in [-0.15, -0.1) is 0 Å². The molecule has 1 rings (SSSR count). The first kappa shape index (κ1) is 16.2. The number of nitrogens with zero attached hydrogens (tertiary/aromatic N) is 3. The first-order valence-electron chi connectivity index (χ1n) is 7.47. The lowest BCUT2D eigenvalue weighted by atomic mass is 10.0. The Morgan fingerprint density at radius 2 is 2.05 bits per heavy atom. The fourth-order valence-corrected chi connectivity index (χ4v) is 2.70. The highest BCUT2D eigenvalue weighted by molar-refractivity contribution is 5.20. The van der Waals surface area contributed by atoms with Crippen LogP contribution < -0.4 is 5.73 Å². The zero-order valence-corrected chi connectivity index (χ0v) is 13.2. The number of hydrogen-bond acceptors (Lipinski definition) is 3. The van der Waals surface area contributed by atoms with Crippen LogP contribution in [0.1, 0.15) is 57.3 Å². The standard InChI is InChI=1S/C15H30N4/c1-6-7-8-9-19(12(2)3)15(10-16)14-11-18(5)17-13(14)4/h11-12,15H,6-10,16H2,1-5H3. The minimum atomic E-state index is 0.283. The fraction of sp³-hybridized carbons (Fsp3) is 0.800. The molecule has 0 spiro atoms. The quantitative estimate of drug-likeness (QED) is 0.736. The summed E-state index contributed by atoms with van der Waals surface area (Å²) in [4.78, 5) is 2.51. The smallest absolute Gasteiger partial charge is 0.0641 e. The highest BCUT2D eigenvalue weighted by Crippen LogP contribution is 2.24. The van der Waals surface area contributed by atoms with Crippen molar-refractivity contribution in [2.45, 2.75) is 59.0 Å². The number of aromatic nitrogens is 2. The van der Waals surface area contributed by atoms with Crippen LogP contribution in [0.4, 0.5) is 0 Å². The summed E-state index contributed by atoms with van der Waals surface area (Å²) in [6, 6.07) is 0.788. The average Bonchev–Trinajstić information content (AvgIpc) is 2.67. The summed E-state index contributed by atoms with van der Waals surface area (Å²) in [5.74, 6) is 0. The number of hydrogen-bond donors (Lipinski definition) is 1. The Morgan fingerprint density at radius 3 is 2.47 bits per heavy atom. The van der Waals surface area contributed by atoms with E-state index >= 15 is 0 Å². The van der Waals surface area contributed by atoms with Crippen LogP contribution in [0.15, 0.2) is 6.20 Å². The molecule has 19 heavy (non-hydrogen) atoms. The van der Waals surface area contributed by atoms with Crippen LogP contribution >= 0.6 is 0 Å². The van der Waals surface area contributed by atoms with Crippen LogP contribution in [0.3, 0.4) is 0 Å². The molecule has 0 radical (unpaired) electrons. The van der Waals surface area contributed by atoms with Gasteiger partial charge in [-0.2, -0.15) is 5.10 Å². The molecule has 1 atom stereocenters. The molecule has 110 valence electrons. The van der Waals surface area contributed by atoms with Gasteiger partial charge in [-0.3, -0.25) is 9.58 Å². The first-order chi connectivity index (χ1) is 9.01. The predicted molar refractivity (Wildman–Crippen MR) is 81.1 cm³/mol. The molecular weight excluding hydrogens is 236 g/mol. The molecule has 0 amide bonds.